The fraction of sp³-hybridized carbons (Fsp3) is 0. The molecule has 2 heterocycles. The van der Waals surface area contributed by atoms with Gasteiger partial charge in [0.05, 0.1) is 0 Å². The zero-order chi connectivity index (χ0) is 31.2. The number of benzene rings is 7. The van der Waals surface area contributed by atoms with Gasteiger partial charge in [-0.25, -0.2) is 15.0 Å². The molecule has 0 aliphatic rings. The average Bonchev–Trinajstić information content (AvgIpc) is 3.54. The Balaban J connectivity index is 1.20. The van der Waals surface area contributed by atoms with Crippen LogP contribution in [0.25, 0.3) is 89.1 Å². The summed E-state index contributed by atoms with van der Waals surface area (Å²) in [7, 11) is 0. The molecular weight excluding hydrogens is 574 g/mol. The highest BCUT2D eigenvalue weighted by molar-refractivity contribution is 6.11. The normalized spacial score (nSPS) is 11.4. The Labute approximate surface area is 271 Å². The van der Waals surface area contributed by atoms with Crippen molar-refractivity contribution in [3.63, 3.8) is 0 Å². The smallest absolute Gasteiger partial charge is 0.164 e. The van der Waals surface area contributed by atoms with E-state index in [1.807, 2.05) is 36.4 Å². The molecular formula is C43H27N3O. The quantitative estimate of drug-likeness (QED) is 0.197. The molecule has 0 unspecified atom stereocenters. The zero-order valence-electron chi connectivity index (χ0n) is 25.3. The fourth-order valence-electron chi connectivity index (χ4n) is 6.43. The van der Waals surface area contributed by atoms with E-state index in [0.717, 1.165) is 49.8 Å². The molecule has 0 amide bonds. The minimum atomic E-state index is 0.604. The van der Waals surface area contributed by atoms with Crippen molar-refractivity contribution in [2.24, 2.45) is 0 Å². The first-order valence-corrected chi connectivity index (χ1v) is 15.7. The van der Waals surface area contributed by atoms with Gasteiger partial charge in [-0.2, -0.15) is 0 Å². The third kappa shape index (κ3) is 4.84. The molecule has 0 bridgehead atoms. The lowest BCUT2D eigenvalue weighted by Crippen LogP contribution is -2.00. The number of nitrogens with zero attached hydrogens (tertiary/aromatic N) is 3. The van der Waals surface area contributed by atoms with E-state index in [1.165, 1.54) is 21.9 Å². The number of rotatable bonds is 5. The average molecular weight is 602 g/mol. The highest BCUT2D eigenvalue weighted by atomic mass is 16.3. The Morgan fingerprint density at radius 2 is 0.830 bits per heavy atom. The predicted octanol–water partition coefficient (Wildman–Crippen LogP) is 11.3. The summed E-state index contributed by atoms with van der Waals surface area (Å²) in [5.74, 6) is 1.84. The van der Waals surface area contributed by atoms with Gasteiger partial charge in [-0.3, -0.25) is 0 Å². The van der Waals surface area contributed by atoms with Gasteiger partial charge < -0.3 is 4.42 Å². The third-order valence-corrected chi connectivity index (χ3v) is 8.77. The maximum atomic E-state index is 6.21. The standard InChI is InChI=1S/C43H27N3O/c1-2-10-28(11-3-1)29-20-24-32(25-21-29)41-44-42(33-26-22-31(23-27-33)35-16-8-13-30-12-4-5-14-34(30)35)46-43(45-41)37-17-9-19-39-40(37)36-15-6-7-18-38(36)47-39/h1-27H. The van der Waals surface area contributed by atoms with Crippen LogP contribution >= 0.6 is 0 Å². The van der Waals surface area contributed by atoms with E-state index in [2.05, 4.69) is 127 Å². The first kappa shape index (κ1) is 27.0. The highest BCUT2D eigenvalue weighted by Crippen LogP contribution is 2.37. The molecule has 0 atom stereocenters. The van der Waals surface area contributed by atoms with Gasteiger partial charge in [0.1, 0.15) is 11.2 Å². The van der Waals surface area contributed by atoms with Crippen molar-refractivity contribution in [3.8, 4) is 56.4 Å². The van der Waals surface area contributed by atoms with E-state index in [-0.39, 0.29) is 0 Å². The number of hydrogen-bond donors (Lipinski definition) is 0. The predicted molar refractivity (Wildman–Crippen MR) is 192 cm³/mol. The number of fused-ring (bicyclic) bond motifs is 4. The Morgan fingerprint density at radius 1 is 0.319 bits per heavy atom. The van der Waals surface area contributed by atoms with Gasteiger partial charge in [0.15, 0.2) is 17.5 Å². The maximum Gasteiger partial charge on any atom is 0.164 e. The van der Waals surface area contributed by atoms with E-state index in [0.29, 0.717) is 17.5 Å². The van der Waals surface area contributed by atoms with Gasteiger partial charge in [-0.1, -0.05) is 152 Å². The van der Waals surface area contributed by atoms with E-state index in [4.69, 9.17) is 19.4 Å². The first-order valence-electron chi connectivity index (χ1n) is 15.7. The molecule has 0 aliphatic heterocycles. The van der Waals surface area contributed by atoms with Crippen LogP contribution in [0.5, 0.6) is 0 Å². The van der Waals surface area contributed by atoms with E-state index >= 15 is 0 Å². The van der Waals surface area contributed by atoms with Crippen LogP contribution in [0.3, 0.4) is 0 Å². The second-order valence-electron chi connectivity index (χ2n) is 11.6. The van der Waals surface area contributed by atoms with Gasteiger partial charge in [0.25, 0.3) is 0 Å². The van der Waals surface area contributed by atoms with Crippen molar-refractivity contribution in [2.45, 2.75) is 0 Å². The lowest BCUT2D eigenvalue weighted by Gasteiger charge is -2.11. The van der Waals surface area contributed by atoms with Crippen LogP contribution < -0.4 is 0 Å². The highest BCUT2D eigenvalue weighted by Gasteiger charge is 2.18. The molecule has 0 spiro atoms. The number of para-hydroxylation sites is 1. The molecule has 9 rings (SSSR count). The summed E-state index contributed by atoms with van der Waals surface area (Å²) in [4.78, 5) is 15.2. The van der Waals surface area contributed by atoms with Crippen molar-refractivity contribution in [2.75, 3.05) is 0 Å². The SMILES string of the molecule is c1ccc(-c2ccc(-c3nc(-c4ccc(-c5cccc6ccccc56)cc4)nc(-c4cccc5oc6ccccc6c45)n3)cc2)cc1. The molecule has 0 saturated heterocycles. The molecule has 7 aromatic carbocycles. The summed E-state index contributed by atoms with van der Waals surface area (Å²) in [5.41, 5.74) is 9.04. The van der Waals surface area contributed by atoms with Crippen LogP contribution in [-0.2, 0) is 0 Å². The summed E-state index contributed by atoms with van der Waals surface area (Å²) in [5, 5.41) is 4.48. The van der Waals surface area contributed by atoms with Crippen LogP contribution in [0.2, 0.25) is 0 Å². The fourth-order valence-corrected chi connectivity index (χ4v) is 6.43. The molecule has 0 radical (unpaired) electrons. The van der Waals surface area contributed by atoms with Crippen molar-refractivity contribution in [1.82, 2.24) is 15.0 Å². The molecule has 0 fully saturated rings. The largest absolute Gasteiger partial charge is 0.456 e. The second kappa shape index (κ2) is 11.2. The number of aromatic nitrogens is 3. The Kier molecular flexibility index (Phi) is 6.43. The lowest BCUT2D eigenvalue weighted by atomic mass is 9.97. The Morgan fingerprint density at radius 3 is 1.60 bits per heavy atom. The van der Waals surface area contributed by atoms with E-state index < -0.39 is 0 Å². The minimum absolute atomic E-state index is 0.604. The molecule has 2 aromatic heterocycles. The summed E-state index contributed by atoms with van der Waals surface area (Å²) >= 11 is 0. The molecule has 9 aromatic rings. The van der Waals surface area contributed by atoms with Gasteiger partial charge >= 0.3 is 0 Å². The molecule has 0 saturated carbocycles. The summed E-state index contributed by atoms with van der Waals surface area (Å²) < 4.78 is 6.21. The van der Waals surface area contributed by atoms with Crippen molar-refractivity contribution >= 4 is 32.7 Å². The van der Waals surface area contributed by atoms with Crippen LogP contribution in [0.1, 0.15) is 0 Å². The minimum Gasteiger partial charge on any atom is -0.456 e. The lowest BCUT2D eigenvalue weighted by molar-refractivity contribution is 0.669. The van der Waals surface area contributed by atoms with E-state index in [9.17, 15) is 0 Å². The number of hydrogen-bond acceptors (Lipinski definition) is 4. The van der Waals surface area contributed by atoms with Gasteiger partial charge in [0.2, 0.25) is 0 Å². The summed E-state index contributed by atoms with van der Waals surface area (Å²) in [6, 6.07) is 56.4. The topological polar surface area (TPSA) is 51.8 Å². The van der Waals surface area contributed by atoms with Gasteiger partial charge in [0, 0.05) is 27.5 Å². The molecule has 0 N–H and O–H groups in total. The third-order valence-electron chi connectivity index (χ3n) is 8.77. The monoisotopic (exact) mass is 601 g/mol. The van der Waals surface area contributed by atoms with Gasteiger partial charge in [-0.05, 0) is 45.2 Å². The molecule has 0 aliphatic carbocycles. The molecule has 47 heavy (non-hydrogen) atoms. The first-order chi connectivity index (χ1) is 23.3. The Hall–Kier alpha value is -6.39. The maximum absolute atomic E-state index is 6.21. The molecule has 220 valence electrons. The van der Waals surface area contributed by atoms with Gasteiger partial charge in [-0.15, -0.1) is 0 Å². The second-order valence-corrected chi connectivity index (χ2v) is 11.6. The molecule has 4 heteroatoms. The van der Waals surface area contributed by atoms with Crippen molar-refractivity contribution < 1.29 is 4.42 Å². The summed E-state index contributed by atoms with van der Waals surface area (Å²) in [6.45, 7) is 0. The van der Waals surface area contributed by atoms with Crippen molar-refractivity contribution in [1.29, 1.82) is 0 Å². The van der Waals surface area contributed by atoms with Crippen molar-refractivity contribution in [3.05, 3.63) is 164 Å². The summed E-state index contributed by atoms with van der Waals surface area (Å²) in [6.07, 6.45) is 0. The molecule has 4 nitrogen and oxygen atoms in total. The van der Waals surface area contributed by atoms with Crippen LogP contribution in [0, 0.1) is 0 Å². The van der Waals surface area contributed by atoms with Crippen LogP contribution in [-0.4, -0.2) is 15.0 Å². The van der Waals surface area contributed by atoms with E-state index in [1.54, 1.807) is 0 Å². The number of furan rings is 1. The Bertz CT molecular complexity index is 2550. The van der Waals surface area contributed by atoms with Crippen LogP contribution in [0.15, 0.2) is 168 Å². The zero-order valence-corrected chi connectivity index (χ0v) is 25.3. The van der Waals surface area contributed by atoms with Crippen LogP contribution in [0.4, 0.5) is 0 Å².